The summed E-state index contributed by atoms with van der Waals surface area (Å²) in [4.78, 5) is 3.23. The fourth-order valence-corrected chi connectivity index (χ4v) is 0.899. The number of alkyl halides is 2. The first-order chi connectivity index (χ1) is 6.07. The molecule has 0 aromatic carbocycles. The highest BCUT2D eigenvalue weighted by molar-refractivity contribution is 5.42. The molecule has 0 aliphatic rings. The number of pyridine rings is 1. The maximum atomic E-state index is 13.0. The number of aromatic nitrogens is 1. The minimum atomic E-state index is -2.92. The van der Waals surface area contributed by atoms with Gasteiger partial charge >= 0.3 is 0 Å². The Morgan fingerprint density at radius 2 is 2.15 bits per heavy atom. The van der Waals surface area contributed by atoms with E-state index in [1.54, 1.807) is 0 Å². The topological polar surface area (TPSA) is 59.1 Å². The average molecular weight is 192 g/mol. The molecule has 72 valence electrons. The molecule has 0 atom stereocenters. The molecule has 1 rings (SSSR count). The van der Waals surface area contributed by atoms with Crippen molar-refractivity contribution in [2.24, 2.45) is 0 Å². The van der Waals surface area contributed by atoms with Crippen molar-refractivity contribution in [3.8, 4) is 0 Å². The highest BCUT2D eigenvalue weighted by Crippen LogP contribution is 2.25. The Hall–Kier alpha value is -1.30. The zero-order valence-electron chi connectivity index (χ0n) is 6.47. The number of nitrogens with two attached hydrogens (primary N) is 1. The lowest BCUT2D eigenvalue weighted by atomic mass is 10.2. The summed E-state index contributed by atoms with van der Waals surface area (Å²) in [6.07, 6.45) is -2.12. The molecular formula is C7H7F3N2O. The number of hydrogen-bond donors (Lipinski definition) is 2. The highest BCUT2D eigenvalue weighted by Gasteiger charge is 2.19. The third-order valence-electron chi connectivity index (χ3n) is 1.54. The first kappa shape index (κ1) is 9.79. The van der Waals surface area contributed by atoms with E-state index in [9.17, 15) is 13.2 Å². The summed E-state index contributed by atoms with van der Waals surface area (Å²) in [6.45, 7) is -0.844. The van der Waals surface area contributed by atoms with E-state index in [1.807, 2.05) is 0 Å². The van der Waals surface area contributed by atoms with Gasteiger partial charge in [-0.1, -0.05) is 0 Å². The summed E-state index contributed by atoms with van der Waals surface area (Å²) >= 11 is 0. The number of aliphatic hydroxyl groups is 1. The summed E-state index contributed by atoms with van der Waals surface area (Å²) in [5.41, 5.74) is 3.40. The van der Waals surface area contributed by atoms with Crippen LogP contribution in [0.15, 0.2) is 6.20 Å². The van der Waals surface area contributed by atoms with Crippen LogP contribution in [-0.2, 0) is 6.61 Å². The van der Waals surface area contributed by atoms with E-state index in [0.29, 0.717) is 0 Å². The maximum Gasteiger partial charge on any atom is 0.280 e. The van der Waals surface area contributed by atoms with Crippen molar-refractivity contribution < 1.29 is 18.3 Å². The number of hydrogen-bond acceptors (Lipinski definition) is 3. The molecule has 3 N–H and O–H groups in total. The van der Waals surface area contributed by atoms with Gasteiger partial charge in [-0.15, -0.1) is 0 Å². The van der Waals surface area contributed by atoms with E-state index in [0.717, 1.165) is 6.20 Å². The molecule has 6 heteroatoms. The molecule has 0 saturated heterocycles. The molecule has 1 aromatic heterocycles. The molecule has 13 heavy (non-hydrogen) atoms. The summed E-state index contributed by atoms with van der Waals surface area (Å²) in [5.74, 6) is -1.03. The molecule has 1 heterocycles. The monoisotopic (exact) mass is 192 g/mol. The Labute approximate surface area is 72.0 Å². The van der Waals surface area contributed by atoms with Crippen LogP contribution < -0.4 is 5.73 Å². The van der Waals surface area contributed by atoms with Crippen LogP contribution in [0.1, 0.15) is 17.7 Å². The van der Waals surface area contributed by atoms with Crippen molar-refractivity contribution in [2.45, 2.75) is 13.0 Å². The van der Waals surface area contributed by atoms with Gasteiger partial charge in [-0.2, -0.15) is 0 Å². The second-order valence-corrected chi connectivity index (χ2v) is 2.35. The first-order valence-electron chi connectivity index (χ1n) is 3.39. The van der Waals surface area contributed by atoms with E-state index in [1.165, 1.54) is 0 Å². The van der Waals surface area contributed by atoms with Gasteiger partial charge < -0.3 is 10.8 Å². The lowest BCUT2D eigenvalue weighted by Crippen LogP contribution is -2.05. The van der Waals surface area contributed by atoms with Gasteiger partial charge in [0.15, 0.2) is 5.82 Å². The number of nitrogens with zero attached hydrogens (tertiary/aromatic N) is 1. The van der Waals surface area contributed by atoms with E-state index < -0.39 is 30.1 Å². The second-order valence-electron chi connectivity index (χ2n) is 2.35. The Kier molecular flexibility index (Phi) is 2.72. The van der Waals surface area contributed by atoms with Crippen molar-refractivity contribution in [3.63, 3.8) is 0 Å². The quantitative estimate of drug-likeness (QED) is 0.740. The predicted molar refractivity (Wildman–Crippen MR) is 39.5 cm³/mol. The molecule has 0 spiro atoms. The van der Waals surface area contributed by atoms with Crippen LogP contribution in [0.2, 0.25) is 0 Å². The van der Waals surface area contributed by atoms with Gasteiger partial charge in [0.2, 0.25) is 0 Å². The predicted octanol–water partition coefficient (Wildman–Crippen LogP) is 1.23. The van der Waals surface area contributed by atoms with Gasteiger partial charge in [0.25, 0.3) is 6.43 Å². The minimum absolute atomic E-state index is 0.353. The number of anilines is 1. The van der Waals surface area contributed by atoms with Gasteiger partial charge in [-0.05, 0) is 0 Å². The van der Waals surface area contributed by atoms with E-state index >= 15 is 0 Å². The lowest BCUT2D eigenvalue weighted by Gasteiger charge is -2.07. The zero-order chi connectivity index (χ0) is 10.0. The highest BCUT2D eigenvalue weighted by atomic mass is 19.3. The molecule has 0 unspecified atom stereocenters. The summed E-state index contributed by atoms with van der Waals surface area (Å²) in [5, 5.41) is 8.60. The molecule has 3 nitrogen and oxygen atoms in total. The lowest BCUT2D eigenvalue weighted by molar-refractivity contribution is 0.140. The molecule has 0 amide bonds. The fourth-order valence-electron chi connectivity index (χ4n) is 0.899. The molecule has 0 aliphatic heterocycles. The number of nitrogen functional groups attached to an aromatic ring is 1. The number of aliphatic hydroxyl groups excluding tert-OH is 1. The van der Waals surface area contributed by atoms with Crippen molar-refractivity contribution in [1.29, 1.82) is 0 Å². The summed E-state index contributed by atoms with van der Waals surface area (Å²) in [7, 11) is 0. The van der Waals surface area contributed by atoms with Crippen molar-refractivity contribution >= 4 is 5.69 Å². The molecule has 0 bridgehead atoms. The van der Waals surface area contributed by atoms with Crippen LogP contribution >= 0.6 is 0 Å². The van der Waals surface area contributed by atoms with Crippen molar-refractivity contribution in [3.05, 3.63) is 23.3 Å². The average Bonchev–Trinajstić information content (AvgIpc) is 2.09. The van der Waals surface area contributed by atoms with E-state index in [4.69, 9.17) is 10.8 Å². The molecule has 0 saturated carbocycles. The van der Waals surface area contributed by atoms with Crippen LogP contribution in [0.4, 0.5) is 18.9 Å². The molecule has 0 aliphatic carbocycles. The maximum absolute atomic E-state index is 13.0. The van der Waals surface area contributed by atoms with Crippen LogP contribution in [-0.4, -0.2) is 10.1 Å². The molecule has 0 radical (unpaired) electrons. The Bertz CT molecular complexity index is 317. The smallest absolute Gasteiger partial charge is 0.280 e. The Morgan fingerprint density at radius 3 is 2.62 bits per heavy atom. The second kappa shape index (κ2) is 3.61. The van der Waals surface area contributed by atoms with Crippen molar-refractivity contribution in [2.75, 3.05) is 5.73 Å². The summed E-state index contributed by atoms with van der Waals surface area (Å²) in [6, 6.07) is 0. The molecule has 0 fully saturated rings. The largest absolute Gasteiger partial charge is 0.395 e. The van der Waals surface area contributed by atoms with E-state index in [2.05, 4.69) is 4.98 Å². The Balaban J connectivity index is 3.30. The summed E-state index contributed by atoms with van der Waals surface area (Å²) < 4.78 is 37.3. The third-order valence-corrected chi connectivity index (χ3v) is 1.54. The third kappa shape index (κ3) is 1.72. The number of halogens is 3. The molecule has 1 aromatic rings. The van der Waals surface area contributed by atoms with Crippen LogP contribution in [0.25, 0.3) is 0 Å². The standard InChI is InChI=1S/C7H7F3N2O/c8-5-3(2-13)6(7(9)10)12-1-4(5)11/h1,7,13H,2,11H2. The van der Waals surface area contributed by atoms with Gasteiger partial charge in [-0.25, -0.2) is 13.2 Å². The van der Waals surface area contributed by atoms with E-state index in [-0.39, 0.29) is 5.69 Å². The van der Waals surface area contributed by atoms with Crippen LogP contribution in [0.3, 0.4) is 0 Å². The van der Waals surface area contributed by atoms with Gasteiger partial charge in [0, 0.05) is 5.56 Å². The molecular weight excluding hydrogens is 185 g/mol. The number of rotatable bonds is 2. The SMILES string of the molecule is Nc1cnc(C(F)F)c(CO)c1F. The van der Waals surface area contributed by atoms with Crippen LogP contribution in [0.5, 0.6) is 0 Å². The fraction of sp³-hybridized carbons (Fsp3) is 0.286. The normalized spacial score (nSPS) is 10.8. The minimum Gasteiger partial charge on any atom is -0.395 e. The first-order valence-corrected chi connectivity index (χ1v) is 3.39. The van der Waals surface area contributed by atoms with Gasteiger partial charge in [0.1, 0.15) is 5.69 Å². The zero-order valence-corrected chi connectivity index (χ0v) is 6.47. The van der Waals surface area contributed by atoms with Crippen LogP contribution in [0, 0.1) is 5.82 Å². The Morgan fingerprint density at radius 1 is 1.54 bits per heavy atom. The van der Waals surface area contributed by atoms with Crippen molar-refractivity contribution in [1.82, 2.24) is 4.98 Å². The van der Waals surface area contributed by atoms with Gasteiger partial charge in [0.05, 0.1) is 18.5 Å². The van der Waals surface area contributed by atoms with Gasteiger partial charge in [-0.3, -0.25) is 4.98 Å².